The third-order valence-electron chi connectivity index (χ3n) is 12.8. The number of aliphatic hydroxyl groups excluding tert-OH is 1. The maximum Gasteiger partial charge on any atom is 0.407 e. The highest BCUT2D eigenvalue weighted by atomic mass is 16.6. The number of hydrogen-bond acceptors (Lipinski definition) is 9. The van der Waals surface area contributed by atoms with E-state index in [2.05, 4.69) is 57.7 Å². The SMILES string of the molecule is COc1ccc(C(NCCCCC(NC(=O)C(Cc2ccc([N+](=O)[O-])cc2)NC(=O)OCC2c3ccccc3-c3ccccc32)C(=O)Nc2ccc(CO)cc2)(c2ccccc2)c2ccccc2)cc1. The lowest BCUT2D eigenvalue weighted by atomic mass is 9.77. The summed E-state index contributed by atoms with van der Waals surface area (Å²) in [4.78, 5) is 53.4. The molecule has 0 fully saturated rings. The monoisotopic (exact) mass is 937 g/mol. The molecule has 2 unspecified atom stereocenters. The van der Waals surface area contributed by atoms with Crippen molar-refractivity contribution in [1.29, 1.82) is 0 Å². The summed E-state index contributed by atoms with van der Waals surface area (Å²) in [6.45, 7) is 0.364. The highest BCUT2D eigenvalue weighted by molar-refractivity contribution is 5.98. The lowest BCUT2D eigenvalue weighted by molar-refractivity contribution is -0.384. The van der Waals surface area contributed by atoms with Gasteiger partial charge in [0.15, 0.2) is 0 Å². The van der Waals surface area contributed by atoms with E-state index >= 15 is 0 Å². The number of unbranched alkanes of at least 4 members (excludes halogenated alkanes) is 1. The Bertz CT molecular complexity index is 2790. The molecule has 2 atom stereocenters. The number of alkyl carbamates (subject to hydrolysis) is 1. The van der Waals surface area contributed by atoms with Crippen molar-refractivity contribution in [3.8, 4) is 16.9 Å². The smallest absolute Gasteiger partial charge is 0.407 e. The fourth-order valence-electron chi connectivity index (χ4n) is 9.22. The number of aliphatic hydroxyl groups is 1. The number of nitro benzene ring substituents is 1. The van der Waals surface area contributed by atoms with Crippen LogP contribution in [0.2, 0.25) is 0 Å². The van der Waals surface area contributed by atoms with E-state index in [1.54, 1.807) is 31.4 Å². The van der Waals surface area contributed by atoms with Gasteiger partial charge in [0.2, 0.25) is 11.8 Å². The maximum absolute atomic E-state index is 14.5. The average Bonchev–Trinajstić information content (AvgIpc) is 3.72. The van der Waals surface area contributed by atoms with Crippen molar-refractivity contribution in [1.82, 2.24) is 16.0 Å². The summed E-state index contributed by atoms with van der Waals surface area (Å²) in [7, 11) is 1.64. The van der Waals surface area contributed by atoms with Crippen molar-refractivity contribution in [3.05, 3.63) is 231 Å². The molecule has 3 amide bonds. The first-order valence-electron chi connectivity index (χ1n) is 23.3. The summed E-state index contributed by atoms with van der Waals surface area (Å²) in [5.41, 5.74) is 8.05. The fourth-order valence-corrected chi connectivity index (χ4v) is 9.22. The number of methoxy groups -OCH3 is 1. The highest BCUT2D eigenvalue weighted by Crippen LogP contribution is 2.44. The minimum atomic E-state index is -1.24. The zero-order chi connectivity index (χ0) is 48.9. The van der Waals surface area contributed by atoms with E-state index in [-0.39, 0.29) is 37.7 Å². The Labute approximate surface area is 407 Å². The van der Waals surface area contributed by atoms with Gasteiger partial charge in [-0.15, -0.1) is 0 Å². The van der Waals surface area contributed by atoms with Crippen LogP contribution in [0.4, 0.5) is 16.2 Å². The van der Waals surface area contributed by atoms with E-state index in [0.29, 0.717) is 36.2 Å². The number of carbonyl (C=O) groups is 3. The Balaban J connectivity index is 1.01. The fraction of sp³-hybridized carbons (Fsp3) is 0.211. The number of hydrogen-bond donors (Lipinski definition) is 5. The third kappa shape index (κ3) is 11.2. The van der Waals surface area contributed by atoms with Crippen molar-refractivity contribution in [2.45, 2.75) is 55.8 Å². The van der Waals surface area contributed by atoms with Crippen LogP contribution in [0.1, 0.15) is 64.1 Å². The van der Waals surface area contributed by atoms with Crippen LogP contribution in [0.25, 0.3) is 11.1 Å². The zero-order valence-corrected chi connectivity index (χ0v) is 38.8. The summed E-state index contributed by atoms with van der Waals surface area (Å²) in [6.07, 6.45) is 0.449. The van der Waals surface area contributed by atoms with Gasteiger partial charge in [0.25, 0.3) is 5.69 Å². The van der Waals surface area contributed by atoms with Crippen LogP contribution in [-0.2, 0) is 32.9 Å². The average molecular weight is 938 g/mol. The summed E-state index contributed by atoms with van der Waals surface area (Å²) in [6, 6.07) is 54.5. The van der Waals surface area contributed by atoms with Crippen molar-refractivity contribution < 1.29 is 33.9 Å². The van der Waals surface area contributed by atoms with Crippen LogP contribution in [0.3, 0.4) is 0 Å². The molecule has 0 aromatic heterocycles. The molecule has 0 bridgehead atoms. The van der Waals surface area contributed by atoms with Gasteiger partial charge in [0.05, 0.1) is 24.2 Å². The van der Waals surface area contributed by atoms with E-state index in [1.165, 1.54) is 24.3 Å². The Morgan fingerprint density at radius 2 is 1.20 bits per heavy atom. The molecule has 0 radical (unpaired) electrons. The summed E-state index contributed by atoms with van der Waals surface area (Å²) in [5.74, 6) is -0.615. The summed E-state index contributed by atoms with van der Waals surface area (Å²) in [5, 5.41) is 33.6. The normalized spacial score (nSPS) is 12.7. The molecule has 0 saturated heterocycles. The van der Waals surface area contributed by atoms with Gasteiger partial charge >= 0.3 is 6.09 Å². The summed E-state index contributed by atoms with van der Waals surface area (Å²) < 4.78 is 11.4. The first-order chi connectivity index (χ1) is 34.2. The number of amides is 3. The summed E-state index contributed by atoms with van der Waals surface area (Å²) >= 11 is 0. The number of anilines is 1. The topological polar surface area (TPSA) is 181 Å². The Hall–Kier alpha value is -8.13. The molecule has 0 heterocycles. The van der Waals surface area contributed by atoms with Gasteiger partial charge in [0.1, 0.15) is 24.4 Å². The Kier molecular flexibility index (Phi) is 15.7. The highest BCUT2D eigenvalue weighted by Gasteiger charge is 2.36. The quantitative estimate of drug-likeness (QED) is 0.0203. The molecule has 5 N–H and O–H groups in total. The molecule has 70 heavy (non-hydrogen) atoms. The Morgan fingerprint density at radius 3 is 1.77 bits per heavy atom. The number of rotatable bonds is 21. The number of carbonyl (C=O) groups excluding carboxylic acids is 3. The molecule has 0 aliphatic heterocycles. The van der Waals surface area contributed by atoms with E-state index in [4.69, 9.17) is 9.47 Å². The second-order valence-corrected chi connectivity index (χ2v) is 17.2. The van der Waals surface area contributed by atoms with Crippen molar-refractivity contribution in [2.75, 3.05) is 25.6 Å². The molecular weight excluding hydrogens is 883 g/mol. The molecule has 356 valence electrons. The first kappa shape index (κ1) is 48.3. The van der Waals surface area contributed by atoms with Gasteiger partial charge in [0, 0.05) is 30.2 Å². The van der Waals surface area contributed by atoms with E-state index < -0.39 is 40.5 Å². The standard InChI is InChI=1S/C57H55N5O8/c1-69-46-33-27-43(28-34-46)57(41-14-4-2-5-15-41,42-16-6-3-7-17-42)58-35-13-12-22-52(54(64)59-44-29-23-40(37-63)24-30-44)60-55(65)53(36-39-25-31-45(32-26-39)62(67)68)61-56(66)70-38-51-49-20-10-8-18-47(49)48-19-9-11-21-50(48)51/h2-11,14-21,23-34,51-53,58,63H,12-13,22,35-38H2,1H3,(H,59,64)(H,60,65)(H,61,66). The Morgan fingerprint density at radius 1 is 0.643 bits per heavy atom. The minimum absolute atomic E-state index is 0.00810. The van der Waals surface area contributed by atoms with E-state index in [1.807, 2.05) is 97.1 Å². The molecule has 7 aromatic rings. The van der Waals surface area contributed by atoms with Gasteiger partial charge in [-0.05, 0) is 100 Å². The second-order valence-electron chi connectivity index (χ2n) is 17.2. The second kappa shape index (κ2) is 22.8. The van der Waals surface area contributed by atoms with Crippen LogP contribution >= 0.6 is 0 Å². The number of nitrogens with zero attached hydrogens (tertiary/aromatic N) is 1. The van der Waals surface area contributed by atoms with E-state index in [9.17, 15) is 29.6 Å². The van der Waals surface area contributed by atoms with Crippen molar-refractivity contribution in [3.63, 3.8) is 0 Å². The van der Waals surface area contributed by atoms with Crippen LogP contribution in [0.5, 0.6) is 5.75 Å². The van der Waals surface area contributed by atoms with Crippen LogP contribution in [-0.4, -0.2) is 60.3 Å². The predicted molar refractivity (Wildman–Crippen MR) is 269 cm³/mol. The molecule has 1 aliphatic carbocycles. The van der Waals surface area contributed by atoms with Crippen LogP contribution < -0.4 is 26.0 Å². The number of nitro groups is 1. The molecular formula is C57H55N5O8. The lowest BCUT2D eigenvalue weighted by Crippen LogP contribution is -2.53. The number of nitrogens with one attached hydrogen (secondary N) is 4. The van der Waals surface area contributed by atoms with Gasteiger partial charge in [-0.1, -0.05) is 146 Å². The van der Waals surface area contributed by atoms with Gasteiger partial charge in [-0.2, -0.15) is 0 Å². The minimum Gasteiger partial charge on any atom is -0.497 e. The molecule has 8 rings (SSSR count). The lowest BCUT2D eigenvalue weighted by Gasteiger charge is -2.37. The largest absolute Gasteiger partial charge is 0.497 e. The molecule has 13 nitrogen and oxygen atoms in total. The number of non-ortho nitro benzene ring substituents is 1. The molecule has 0 saturated carbocycles. The third-order valence-corrected chi connectivity index (χ3v) is 12.8. The zero-order valence-electron chi connectivity index (χ0n) is 38.8. The molecule has 1 aliphatic rings. The van der Waals surface area contributed by atoms with Crippen molar-refractivity contribution >= 4 is 29.3 Å². The maximum atomic E-state index is 14.5. The van der Waals surface area contributed by atoms with Gasteiger partial charge < -0.3 is 30.5 Å². The van der Waals surface area contributed by atoms with Crippen molar-refractivity contribution in [2.24, 2.45) is 0 Å². The predicted octanol–water partition coefficient (Wildman–Crippen LogP) is 9.42. The van der Waals surface area contributed by atoms with Crippen LogP contribution in [0.15, 0.2) is 182 Å². The molecule has 7 aromatic carbocycles. The number of fused-ring (bicyclic) bond motifs is 3. The molecule has 13 heteroatoms. The number of ether oxygens (including phenoxy) is 2. The van der Waals surface area contributed by atoms with E-state index in [0.717, 1.165) is 44.7 Å². The van der Waals surface area contributed by atoms with Gasteiger partial charge in [-0.3, -0.25) is 25.0 Å². The molecule has 0 spiro atoms. The first-order valence-corrected chi connectivity index (χ1v) is 23.3. The van der Waals surface area contributed by atoms with Crippen LogP contribution in [0, 0.1) is 10.1 Å². The van der Waals surface area contributed by atoms with Gasteiger partial charge in [-0.25, -0.2) is 4.79 Å². The number of benzene rings is 7.